The van der Waals surface area contributed by atoms with Crippen LogP contribution in [0.15, 0.2) is 54.7 Å². The lowest BCUT2D eigenvalue weighted by molar-refractivity contribution is -0.590. The normalized spacial score (nSPS) is 10.0. The van der Waals surface area contributed by atoms with Crippen LogP contribution in [0.2, 0.25) is 0 Å². The molecule has 4 nitrogen and oxygen atoms in total. The molecule has 92 valence electrons. The summed E-state index contributed by atoms with van der Waals surface area (Å²) in [7, 11) is 0. The molecule has 0 bridgehead atoms. The van der Waals surface area contributed by atoms with Crippen molar-refractivity contribution in [3.63, 3.8) is 0 Å². The largest absolute Gasteiger partial charge is 0.711 e. The Morgan fingerprint density at radius 1 is 1.11 bits per heavy atom. The number of hydrogen-bond acceptors (Lipinski definition) is 2. The van der Waals surface area contributed by atoms with Crippen LogP contribution in [0.25, 0.3) is 0 Å². The fraction of sp³-hybridized carbons (Fsp3) is 0.143. The summed E-state index contributed by atoms with van der Waals surface area (Å²) < 4.78 is 0.639. The molecule has 0 aliphatic carbocycles. The van der Waals surface area contributed by atoms with Gasteiger partial charge in [-0.1, -0.05) is 36.4 Å². The van der Waals surface area contributed by atoms with Crippen molar-refractivity contribution in [2.45, 2.75) is 12.8 Å². The summed E-state index contributed by atoms with van der Waals surface area (Å²) >= 11 is 0. The van der Waals surface area contributed by atoms with Gasteiger partial charge in [-0.05, 0) is 18.1 Å². The van der Waals surface area contributed by atoms with Gasteiger partial charge in [0.1, 0.15) is 0 Å². The van der Waals surface area contributed by atoms with Crippen LogP contribution >= 0.6 is 0 Å². The van der Waals surface area contributed by atoms with Crippen molar-refractivity contribution in [1.29, 1.82) is 0 Å². The fourth-order valence-corrected chi connectivity index (χ4v) is 1.63. The summed E-state index contributed by atoms with van der Waals surface area (Å²) in [4.78, 5) is 11.7. The van der Waals surface area contributed by atoms with E-state index in [0.717, 1.165) is 5.56 Å². The standard InChI is InChI=1S/C14H14N2O2/c17-14(10-9-12-6-2-1-3-7-12)15-13-8-4-5-11-16(13)18/h1-8,11H,9-10H2,(H,15,17). The lowest BCUT2D eigenvalue weighted by Crippen LogP contribution is -2.32. The average molecular weight is 242 g/mol. The maximum Gasteiger partial charge on any atom is 0.307 e. The second kappa shape index (κ2) is 5.82. The number of benzene rings is 1. The molecule has 0 aliphatic heterocycles. The SMILES string of the molecule is O=C(CCc1ccccc1)Nc1cccc[n+]1[O-]. The lowest BCUT2D eigenvalue weighted by atomic mass is 10.1. The molecule has 0 radical (unpaired) electrons. The Labute approximate surface area is 105 Å². The van der Waals surface area contributed by atoms with Crippen LogP contribution in [0.5, 0.6) is 0 Å². The van der Waals surface area contributed by atoms with Crippen molar-refractivity contribution >= 4 is 11.7 Å². The van der Waals surface area contributed by atoms with Gasteiger partial charge < -0.3 is 5.21 Å². The minimum Gasteiger partial charge on any atom is -0.711 e. The average Bonchev–Trinajstić information content (AvgIpc) is 2.40. The van der Waals surface area contributed by atoms with E-state index in [1.165, 1.54) is 6.20 Å². The number of aromatic nitrogens is 1. The van der Waals surface area contributed by atoms with Crippen molar-refractivity contribution in [2.75, 3.05) is 5.32 Å². The predicted octanol–water partition coefficient (Wildman–Crippen LogP) is 1.89. The summed E-state index contributed by atoms with van der Waals surface area (Å²) in [6, 6.07) is 14.7. The molecule has 1 N–H and O–H groups in total. The molecule has 18 heavy (non-hydrogen) atoms. The molecule has 0 saturated carbocycles. The predicted molar refractivity (Wildman–Crippen MR) is 68.8 cm³/mol. The first-order chi connectivity index (χ1) is 8.75. The molecular weight excluding hydrogens is 228 g/mol. The van der Waals surface area contributed by atoms with Crippen LogP contribution in [-0.4, -0.2) is 5.91 Å². The van der Waals surface area contributed by atoms with E-state index >= 15 is 0 Å². The number of aryl methyl sites for hydroxylation is 1. The van der Waals surface area contributed by atoms with Gasteiger partial charge in [0.2, 0.25) is 0 Å². The molecule has 1 aromatic heterocycles. The maximum atomic E-state index is 11.7. The molecule has 2 aromatic rings. The quantitative estimate of drug-likeness (QED) is 0.657. The van der Waals surface area contributed by atoms with Crippen LogP contribution < -0.4 is 10.0 Å². The van der Waals surface area contributed by atoms with Crippen molar-refractivity contribution in [2.24, 2.45) is 0 Å². The zero-order valence-corrected chi connectivity index (χ0v) is 9.87. The molecule has 0 aliphatic rings. The summed E-state index contributed by atoms with van der Waals surface area (Å²) in [6.07, 6.45) is 2.38. The number of amides is 1. The van der Waals surface area contributed by atoms with Crippen LogP contribution in [0.4, 0.5) is 5.82 Å². The zero-order chi connectivity index (χ0) is 12.8. The Morgan fingerprint density at radius 2 is 1.83 bits per heavy atom. The van der Waals surface area contributed by atoms with Gasteiger partial charge in [-0.3, -0.25) is 0 Å². The monoisotopic (exact) mass is 242 g/mol. The van der Waals surface area contributed by atoms with E-state index in [4.69, 9.17) is 0 Å². The lowest BCUT2D eigenvalue weighted by Gasteiger charge is -2.06. The number of nitrogens with zero attached hydrogens (tertiary/aromatic N) is 1. The summed E-state index contributed by atoms with van der Waals surface area (Å²) in [5.74, 6) is 0.102. The van der Waals surface area contributed by atoms with Crippen molar-refractivity contribution < 1.29 is 9.52 Å². The Bertz CT molecular complexity index is 526. The van der Waals surface area contributed by atoms with Gasteiger partial charge in [0.15, 0.2) is 0 Å². The number of rotatable bonds is 4. The molecule has 0 saturated heterocycles. The number of nitrogens with one attached hydrogen (secondary N) is 1. The van der Waals surface area contributed by atoms with E-state index in [0.29, 0.717) is 17.6 Å². The van der Waals surface area contributed by atoms with Gasteiger partial charge in [-0.15, -0.1) is 0 Å². The Morgan fingerprint density at radius 3 is 2.56 bits per heavy atom. The summed E-state index contributed by atoms with van der Waals surface area (Å²) in [6.45, 7) is 0. The van der Waals surface area contributed by atoms with Crippen LogP contribution in [0, 0.1) is 5.21 Å². The zero-order valence-electron chi connectivity index (χ0n) is 9.87. The molecule has 1 amide bonds. The number of carbonyl (C=O) groups is 1. The highest BCUT2D eigenvalue weighted by Gasteiger charge is 2.10. The Balaban J connectivity index is 1.88. The number of carbonyl (C=O) groups excluding carboxylic acids is 1. The highest BCUT2D eigenvalue weighted by molar-refractivity contribution is 5.89. The molecule has 0 unspecified atom stereocenters. The third-order valence-corrected chi connectivity index (χ3v) is 2.58. The minimum atomic E-state index is -0.158. The van der Waals surface area contributed by atoms with Gasteiger partial charge in [0.05, 0.1) is 12.6 Å². The number of anilines is 1. The second-order valence-electron chi connectivity index (χ2n) is 3.95. The molecule has 2 rings (SSSR count). The summed E-state index contributed by atoms with van der Waals surface area (Å²) in [5.41, 5.74) is 1.11. The van der Waals surface area contributed by atoms with Gasteiger partial charge >= 0.3 is 5.91 Å². The van der Waals surface area contributed by atoms with Gasteiger partial charge in [0, 0.05) is 6.07 Å². The summed E-state index contributed by atoms with van der Waals surface area (Å²) in [5, 5.41) is 13.9. The number of pyridine rings is 1. The van der Waals surface area contributed by atoms with E-state index in [9.17, 15) is 10.0 Å². The first-order valence-corrected chi connectivity index (χ1v) is 5.77. The van der Waals surface area contributed by atoms with Gasteiger partial charge in [0.25, 0.3) is 5.82 Å². The van der Waals surface area contributed by atoms with Gasteiger partial charge in [-0.25, -0.2) is 14.8 Å². The Kier molecular flexibility index (Phi) is 3.91. The smallest absolute Gasteiger partial charge is 0.307 e. The van der Waals surface area contributed by atoms with Crippen LogP contribution in [-0.2, 0) is 11.2 Å². The fourth-order valence-electron chi connectivity index (χ4n) is 1.63. The van der Waals surface area contributed by atoms with E-state index in [1.54, 1.807) is 18.2 Å². The molecule has 1 aromatic carbocycles. The molecule has 0 atom stereocenters. The minimum absolute atomic E-state index is 0.158. The Hall–Kier alpha value is -2.36. The third-order valence-electron chi connectivity index (χ3n) is 2.58. The van der Waals surface area contributed by atoms with E-state index in [1.807, 2.05) is 30.3 Å². The van der Waals surface area contributed by atoms with Crippen LogP contribution in [0.3, 0.4) is 0 Å². The van der Waals surface area contributed by atoms with Crippen molar-refractivity contribution in [3.8, 4) is 0 Å². The number of hydrogen-bond donors (Lipinski definition) is 1. The van der Waals surface area contributed by atoms with Crippen molar-refractivity contribution in [3.05, 3.63) is 65.5 Å². The molecular formula is C14H14N2O2. The highest BCUT2D eigenvalue weighted by Crippen LogP contribution is 2.04. The second-order valence-corrected chi connectivity index (χ2v) is 3.95. The molecule has 4 heteroatoms. The maximum absolute atomic E-state index is 11.7. The topological polar surface area (TPSA) is 56.0 Å². The molecule has 1 heterocycles. The first kappa shape index (κ1) is 12.1. The first-order valence-electron chi connectivity index (χ1n) is 5.77. The van der Waals surface area contributed by atoms with E-state index in [2.05, 4.69) is 5.32 Å². The van der Waals surface area contributed by atoms with Gasteiger partial charge in [-0.2, -0.15) is 0 Å². The van der Waals surface area contributed by atoms with E-state index in [-0.39, 0.29) is 11.7 Å². The van der Waals surface area contributed by atoms with E-state index < -0.39 is 0 Å². The molecule has 0 spiro atoms. The highest BCUT2D eigenvalue weighted by atomic mass is 16.5. The van der Waals surface area contributed by atoms with Crippen molar-refractivity contribution in [1.82, 2.24) is 0 Å². The van der Waals surface area contributed by atoms with Crippen LogP contribution in [0.1, 0.15) is 12.0 Å². The molecule has 0 fully saturated rings. The third kappa shape index (κ3) is 3.31.